The van der Waals surface area contributed by atoms with Crippen molar-refractivity contribution < 1.29 is 13.2 Å². The minimum Gasteiger partial charge on any atom is -0.353 e. The summed E-state index contributed by atoms with van der Waals surface area (Å²) in [6.07, 6.45) is 0.0532. The zero-order valence-corrected chi connectivity index (χ0v) is 14.1. The van der Waals surface area contributed by atoms with E-state index >= 15 is 0 Å². The third kappa shape index (κ3) is 3.44. The van der Waals surface area contributed by atoms with Gasteiger partial charge in [-0.15, -0.1) is 0 Å². The van der Waals surface area contributed by atoms with E-state index in [2.05, 4.69) is 24.8 Å². The Morgan fingerprint density at radius 3 is 2.15 bits per heavy atom. The number of pyridine rings is 1. The van der Waals surface area contributed by atoms with Gasteiger partial charge in [0, 0.05) is 63.9 Å². The molecule has 0 bridgehead atoms. The number of rotatable bonds is 3. The van der Waals surface area contributed by atoms with E-state index in [1.165, 1.54) is 6.07 Å². The largest absolute Gasteiger partial charge is 0.417 e. The molecule has 138 valence electrons. The van der Waals surface area contributed by atoms with Crippen LogP contribution in [0.15, 0.2) is 36.8 Å². The molecule has 0 aromatic carbocycles. The number of halogens is 3. The Kier molecular flexibility index (Phi) is 4.39. The fourth-order valence-corrected chi connectivity index (χ4v) is 3.36. The maximum Gasteiger partial charge on any atom is 0.417 e. The number of piperazine rings is 1. The first-order valence-corrected chi connectivity index (χ1v) is 8.55. The summed E-state index contributed by atoms with van der Waals surface area (Å²) in [6, 6.07) is 4.76. The SMILES string of the molecule is FC(F)(F)c1ccc(N2CC(N3CCN(c4ncccn4)CC3)C2)nc1. The summed E-state index contributed by atoms with van der Waals surface area (Å²) in [5.41, 5.74) is -0.711. The normalized spacial score (nSPS) is 19.5. The highest BCUT2D eigenvalue weighted by Crippen LogP contribution is 2.30. The summed E-state index contributed by atoms with van der Waals surface area (Å²) < 4.78 is 37.8. The monoisotopic (exact) mass is 364 g/mol. The summed E-state index contributed by atoms with van der Waals surface area (Å²) in [5, 5.41) is 0. The third-order valence-electron chi connectivity index (χ3n) is 4.93. The van der Waals surface area contributed by atoms with Crippen molar-refractivity contribution in [3.8, 4) is 0 Å². The number of anilines is 2. The van der Waals surface area contributed by atoms with Gasteiger partial charge in [0.25, 0.3) is 0 Å². The number of alkyl halides is 3. The molecule has 0 N–H and O–H groups in total. The van der Waals surface area contributed by atoms with Crippen molar-refractivity contribution in [1.29, 1.82) is 0 Å². The highest BCUT2D eigenvalue weighted by atomic mass is 19.4. The standard InChI is InChI=1S/C17H19F3N6/c18-17(19,20)13-2-3-15(23-10-13)26-11-14(12-26)24-6-8-25(9-7-24)16-21-4-1-5-22-16/h1-5,10,14H,6-9,11-12H2. The number of nitrogens with zero attached hydrogens (tertiary/aromatic N) is 6. The van der Waals surface area contributed by atoms with Crippen molar-refractivity contribution in [2.24, 2.45) is 0 Å². The van der Waals surface area contributed by atoms with E-state index in [0.29, 0.717) is 11.9 Å². The number of hydrogen-bond acceptors (Lipinski definition) is 6. The quantitative estimate of drug-likeness (QED) is 0.829. The predicted molar refractivity (Wildman–Crippen MR) is 91.1 cm³/mol. The summed E-state index contributed by atoms with van der Waals surface area (Å²) in [6.45, 7) is 5.19. The molecule has 2 saturated heterocycles. The Hall–Kier alpha value is -2.42. The molecular formula is C17H19F3N6. The molecule has 4 rings (SSSR count). The first-order chi connectivity index (χ1) is 12.5. The smallest absolute Gasteiger partial charge is 0.353 e. The minimum atomic E-state index is -4.34. The Morgan fingerprint density at radius 2 is 1.58 bits per heavy atom. The van der Waals surface area contributed by atoms with Crippen molar-refractivity contribution in [1.82, 2.24) is 19.9 Å². The summed E-state index contributed by atoms with van der Waals surface area (Å²) in [7, 11) is 0. The maximum absolute atomic E-state index is 12.6. The molecule has 4 heterocycles. The zero-order chi connectivity index (χ0) is 18.1. The molecular weight excluding hydrogens is 345 g/mol. The first kappa shape index (κ1) is 17.0. The highest BCUT2D eigenvalue weighted by Gasteiger charge is 2.35. The van der Waals surface area contributed by atoms with Crippen LogP contribution in [-0.4, -0.2) is 65.2 Å². The van der Waals surface area contributed by atoms with Crippen molar-refractivity contribution in [2.45, 2.75) is 12.2 Å². The second kappa shape index (κ2) is 6.71. The van der Waals surface area contributed by atoms with Gasteiger partial charge in [0.15, 0.2) is 0 Å². The third-order valence-corrected chi connectivity index (χ3v) is 4.93. The molecule has 0 amide bonds. The minimum absolute atomic E-state index is 0.415. The van der Waals surface area contributed by atoms with E-state index < -0.39 is 11.7 Å². The van der Waals surface area contributed by atoms with Gasteiger partial charge in [-0.3, -0.25) is 4.90 Å². The van der Waals surface area contributed by atoms with Gasteiger partial charge in [-0.1, -0.05) is 0 Å². The lowest BCUT2D eigenvalue weighted by Crippen LogP contribution is -2.63. The van der Waals surface area contributed by atoms with Crippen molar-refractivity contribution in [2.75, 3.05) is 49.1 Å². The molecule has 2 fully saturated rings. The van der Waals surface area contributed by atoms with Crippen LogP contribution in [0.2, 0.25) is 0 Å². The van der Waals surface area contributed by atoms with E-state index in [-0.39, 0.29) is 0 Å². The fourth-order valence-electron chi connectivity index (χ4n) is 3.36. The molecule has 2 aromatic heterocycles. The molecule has 0 radical (unpaired) electrons. The van der Waals surface area contributed by atoms with Crippen molar-refractivity contribution in [3.05, 3.63) is 42.4 Å². The van der Waals surface area contributed by atoms with Gasteiger partial charge in [-0.2, -0.15) is 13.2 Å². The second-order valence-corrected chi connectivity index (χ2v) is 6.53. The Bertz CT molecular complexity index is 722. The van der Waals surface area contributed by atoms with Gasteiger partial charge in [-0.25, -0.2) is 15.0 Å². The molecule has 2 aliphatic rings. The molecule has 6 nitrogen and oxygen atoms in total. The molecule has 2 aromatic rings. The average molecular weight is 364 g/mol. The van der Waals surface area contributed by atoms with Crippen LogP contribution >= 0.6 is 0 Å². The van der Waals surface area contributed by atoms with Gasteiger partial charge >= 0.3 is 6.18 Å². The molecule has 0 spiro atoms. The molecule has 0 atom stereocenters. The van der Waals surface area contributed by atoms with Crippen LogP contribution in [-0.2, 0) is 6.18 Å². The van der Waals surface area contributed by atoms with E-state index in [1.54, 1.807) is 18.5 Å². The van der Waals surface area contributed by atoms with Gasteiger partial charge in [0.1, 0.15) is 5.82 Å². The van der Waals surface area contributed by atoms with Gasteiger partial charge in [-0.05, 0) is 18.2 Å². The van der Waals surface area contributed by atoms with Crippen LogP contribution in [0.1, 0.15) is 5.56 Å². The number of hydrogen-bond donors (Lipinski definition) is 0. The molecule has 2 aliphatic heterocycles. The first-order valence-electron chi connectivity index (χ1n) is 8.55. The lowest BCUT2D eigenvalue weighted by atomic mass is 10.1. The predicted octanol–water partition coefficient (Wildman–Crippen LogP) is 1.90. The van der Waals surface area contributed by atoms with Crippen LogP contribution in [0, 0.1) is 0 Å². The number of aromatic nitrogens is 3. The lowest BCUT2D eigenvalue weighted by Gasteiger charge is -2.48. The van der Waals surface area contributed by atoms with Gasteiger partial charge in [0.2, 0.25) is 5.95 Å². The zero-order valence-electron chi connectivity index (χ0n) is 14.1. The Labute approximate surface area is 149 Å². The van der Waals surface area contributed by atoms with Gasteiger partial charge < -0.3 is 9.80 Å². The lowest BCUT2D eigenvalue weighted by molar-refractivity contribution is -0.137. The van der Waals surface area contributed by atoms with Crippen LogP contribution in [0.3, 0.4) is 0 Å². The van der Waals surface area contributed by atoms with Crippen molar-refractivity contribution in [3.63, 3.8) is 0 Å². The average Bonchev–Trinajstić information content (AvgIpc) is 2.62. The molecule has 0 aliphatic carbocycles. The molecule has 0 unspecified atom stereocenters. The van der Waals surface area contributed by atoms with Crippen LogP contribution in [0.4, 0.5) is 24.9 Å². The van der Waals surface area contributed by atoms with E-state index in [0.717, 1.165) is 57.5 Å². The summed E-state index contributed by atoms with van der Waals surface area (Å²) in [5.74, 6) is 1.36. The van der Waals surface area contributed by atoms with Crippen molar-refractivity contribution >= 4 is 11.8 Å². The fraction of sp³-hybridized carbons (Fsp3) is 0.471. The van der Waals surface area contributed by atoms with Gasteiger partial charge in [0.05, 0.1) is 5.56 Å². The maximum atomic E-state index is 12.6. The Balaban J connectivity index is 1.28. The molecule has 9 heteroatoms. The Morgan fingerprint density at radius 1 is 0.885 bits per heavy atom. The second-order valence-electron chi connectivity index (χ2n) is 6.53. The molecule has 0 saturated carbocycles. The summed E-state index contributed by atoms with van der Waals surface area (Å²) in [4.78, 5) is 19.1. The van der Waals surface area contributed by atoms with Crippen LogP contribution in [0.25, 0.3) is 0 Å². The van der Waals surface area contributed by atoms with E-state index in [9.17, 15) is 13.2 Å². The molecule has 26 heavy (non-hydrogen) atoms. The highest BCUT2D eigenvalue weighted by molar-refractivity contribution is 5.43. The van der Waals surface area contributed by atoms with E-state index in [1.807, 2.05) is 4.90 Å². The van der Waals surface area contributed by atoms with Crippen LogP contribution < -0.4 is 9.80 Å². The summed E-state index contributed by atoms with van der Waals surface area (Å²) >= 11 is 0. The van der Waals surface area contributed by atoms with Crippen LogP contribution in [0.5, 0.6) is 0 Å². The topological polar surface area (TPSA) is 48.4 Å². The van der Waals surface area contributed by atoms with E-state index in [4.69, 9.17) is 0 Å².